The van der Waals surface area contributed by atoms with Crippen LogP contribution in [0.15, 0.2) is 60.2 Å². The third-order valence-electron chi connectivity index (χ3n) is 3.54. The number of ether oxygens (including phenoxy) is 1. The number of para-hydroxylation sites is 2. The molecule has 3 rings (SSSR count). The molecular formula is C18H14N2O4. The Morgan fingerprint density at radius 1 is 0.958 bits per heavy atom. The minimum atomic E-state index is -0.806. The summed E-state index contributed by atoms with van der Waals surface area (Å²) >= 11 is 0. The van der Waals surface area contributed by atoms with Gasteiger partial charge in [-0.2, -0.15) is 0 Å². The number of methoxy groups -OCH3 is 1. The Balaban J connectivity index is 2.05. The molecule has 0 atom stereocenters. The molecule has 0 radical (unpaired) electrons. The number of urea groups is 1. The molecule has 0 aliphatic carbocycles. The van der Waals surface area contributed by atoms with E-state index in [4.69, 9.17) is 4.74 Å². The van der Waals surface area contributed by atoms with Gasteiger partial charge < -0.3 is 4.74 Å². The number of imide groups is 2. The van der Waals surface area contributed by atoms with Crippen LogP contribution in [-0.4, -0.2) is 25.0 Å². The number of hydrogen-bond acceptors (Lipinski definition) is 4. The highest BCUT2D eigenvalue weighted by Gasteiger charge is 2.37. The number of amides is 4. The molecule has 6 nitrogen and oxygen atoms in total. The van der Waals surface area contributed by atoms with Gasteiger partial charge in [0.1, 0.15) is 11.3 Å². The molecule has 1 aliphatic rings. The normalized spacial score (nSPS) is 16.3. The fourth-order valence-electron chi connectivity index (χ4n) is 2.41. The summed E-state index contributed by atoms with van der Waals surface area (Å²) in [7, 11) is 1.44. The van der Waals surface area contributed by atoms with Crippen LogP contribution in [0, 0.1) is 0 Å². The van der Waals surface area contributed by atoms with Crippen molar-refractivity contribution in [3.05, 3.63) is 65.7 Å². The van der Waals surface area contributed by atoms with Crippen LogP contribution in [0.4, 0.5) is 10.5 Å². The molecule has 0 unspecified atom stereocenters. The van der Waals surface area contributed by atoms with Crippen LogP contribution in [0.2, 0.25) is 0 Å². The van der Waals surface area contributed by atoms with Gasteiger partial charge in [-0.25, -0.2) is 9.69 Å². The molecule has 0 saturated carbocycles. The zero-order chi connectivity index (χ0) is 17.1. The Morgan fingerprint density at radius 3 is 2.33 bits per heavy atom. The lowest BCUT2D eigenvalue weighted by Crippen LogP contribution is -2.54. The van der Waals surface area contributed by atoms with E-state index >= 15 is 0 Å². The number of benzene rings is 2. The van der Waals surface area contributed by atoms with Crippen molar-refractivity contribution < 1.29 is 19.1 Å². The topological polar surface area (TPSA) is 75.7 Å². The van der Waals surface area contributed by atoms with Crippen molar-refractivity contribution >= 4 is 29.6 Å². The lowest BCUT2D eigenvalue weighted by atomic mass is 10.1. The van der Waals surface area contributed by atoms with Gasteiger partial charge in [-0.05, 0) is 23.8 Å². The highest BCUT2D eigenvalue weighted by atomic mass is 16.5. The van der Waals surface area contributed by atoms with Crippen LogP contribution in [0.5, 0.6) is 5.75 Å². The van der Waals surface area contributed by atoms with E-state index in [-0.39, 0.29) is 11.3 Å². The predicted octanol–water partition coefficient (Wildman–Crippen LogP) is 2.36. The molecular weight excluding hydrogens is 308 g/mol. The first kappa shape index (κ1) is 15.5. The largest absolute Gasteiger partial charge is 0.495 e. The molecule has 1 heterocycles. The summed E-state index contributed by atoms with van der Waals surface area (Å²) in [5, 5.41) is 2.18. The summed E-state index contributed by atoms with van der Waals surface area (Å²) in [6.45, 7) is 0. The average Bonchev–Trinajstić information content (AvgIpc) is 2.60. The SMILES string of the molecule is COc1ccccc1N1C(=O)NC(=O)/C(=C\c2ccccc2)C1=O. The van der Waals surface area contributed by atoms with Gasteiger partial charge in [-0.15, -0.1) is 0 Å². The van der Waals surface area contributed by atoms with Crippen molar-refractivity contribution in [2.24, 2.45) is 0 Å². The molecule has 1 N–H and O–H groups in total. The maximum Gasteiger partial charge on any atom is 0.336 e. The first-order valence-corrected chi connectivity index (χ1v) is 7.21. The van der Waals surface area contributed by atoms with E-state index in [1.807, 2.05) is 6.07 Å². The number of anilines is 1. The average molecular weight is 322 g/mol. The van der Waals surface area contributed by atoms with Crippen LogP contribution in [0.3, 0.4) is 0 Å². The molecule has 4 amide bonds. The smallest absolute Gasteiger partial charge is 0.336 e. The second-order valence-electron chi connectivity index (χ2n) is 5.04. The lowest BCUT2D eigenvalue weighted by Gasteiger charge is -2.27. The summed E-state index contributed by atoms with van der Waals surface area (Å²) < 4.78 is 5.20. The van der Waals surface area contributed by atoms with E-state index in [1.165, 1.54) is 13.2 Å². The Morgan fingerprint density at radius 2 is 1.62 bits per heavy atom. The number of carbonyl (C=O) groups excluding carboxylic acids is 3. The summed E-state index contributed by atoms with van der Waals surface area (Å²) in [6.07, 6.45) is 1.45. The van der Waals surface area contributed by atoms with E-state index < -0.39 is 17.8 Å². The monoisotopic (exact) mass is 322 g/mol. The Hall–Kier alpha value is -3.41. The van der Waals surface area contributed by atoms with Gasteiger partial charge in [0.2, 0.25) is 0 Å². The summed E-state index contributed by atoms with van der Waals surface area (Å²) in [4.78, 5) is 37.9. The van der Waals surface area contributed by atoms with Crippen molar-refractivity contribution in [2.45, 2.75) is 0 Å². The zero-order valence-corrected chi connectivity index (χ0v) is 12.9. The quantitative estimate of drug-likeness (QED) is 0.695. The Kier molecular flexibility index (Phi) is 4.11. The summed E-state index contributed by atoms with van der Waals surface area (Å²) in [5.74, 6) is -1.06. The van der Waals surface area contributed by atoms with E-state index in [1.54, 1.807) is 48.5 Å². The first-order chi connectivity index (χ1) is 11.6. The molecule has 24 heavy (non-hydrogen) atoms. The minimum absolute atomic E-state index is 0.119. The van der Waals surface area contributed by atoms with Gasteiger partial charge in [0, 0.05) is 0 Å². The maximum atomic E-state index is 12.7. The number of nitrogens with one attached hydrogen (secondary N) is 1. The van der Waals surface area contributed by atoms with E-state index in [0.29, 0.717) is 11.3 Å². The fourth-order valence-corrected chi connectivity index (χ4v) is 2.41. The number of barbiturate groups is 1. The molecule has 1 fully saturated rings. The zero-order valence-electron chi connectivity index (χ0n) is 12.9. The molecule has 6 heteroatoms. The molecule has 0 spiro atoms. The van der Waals surface area contributed by atoms with Crippen LogP contribution >= 0.6 is 0 Å². The van der Waals surface area contributed by atoms with Crippen LogP contribution in [0.25, 0.3) is 6.08 Å². The predicted molar refractivity (Wildman–Crippen MR) is 88.4 cm³/mol. The van der Waals surface area contributed by atoms with Crippen LogP contribution < -0.4 is 15.0 Å². The van der Waals surface area contributed by atoms with Crippen LogP contribution in [-0.2, 0) is 9.59 Å². The molecule has 2 aromatic rings. The molecule has 0 aromatic heterocycles. The van der Waals surface area contributed by atoms with Crippen LogP contribution in [0.1, 0.15) is 5.56 Å². The number of hydrogen-bond donors (Lipinski definition) is 1. The third-order valence-corrected chi connectivity index (χ3v) is 3.54. The van der Waals surface area contributed by atoms with Gasteiger partial charge >= 0.3 is 6.03 Å². The van der Waals surface area contributed by atoms with Crippen molar-refractivity contribution in [1.29, 1.82) is 0 Å². The fraction of sp³-hybridized carbons (Fsp3) is 0.0556. The first-order valence-electron chi connectivity index (χ1n) is 7.21. The van der Waals surface area contributed by atoms with Gasteiger partial charge in [0.05, 0.1) is 12.8 Å². The summed E-state index contributed by atoms with van der Waals surface area (Å²) in [6, 6.07) is 14.7. The van der Waals surface area contributed by atoms with Gasteiger partial charge in [-0.1, -0.05) is 42.5 Å². The minimum Gasteiger partial charge on any atom is -0.495 e. The molecule has 1 saturated heterocycles. The summed E-state index contributed by atoms with van der Waals surface area (Å²) in [5.41, 5.74) is 0.839. The van der Waals surface area contributed by atoms with E-state index in [2.05, 4.69) is 5.32 Å². The highest BCUT2D eigenvalue weighted by Crippen LogP contribution is 2.30. The van der Waals surface area contributed by atoms with Gasteiger partial charge in [-0.3, -0.25) is 14.9 Å². The molecule has 120 valence electrons. The van der Waals surface area contributed by atoms with Crippen molar-refractivity contribution in [3.63, 3.8) is 0 Å². The molecule has 2 aromatic carbocycles. The second-order valence-corrected chi connectivity index (χ2v) is 5.04. The lowest BCUT2D eigenvalue weighted by molar-refractivity contribution is -0.122. The Labute approximate surface area is 138 Å². The van der Waals surface area contributed by atoms with Gasteiger partial charge in [0.25, 0.3) is 11.8 Å². The highest BCUT2D eigenvalue weighted by molar-refractivity contribution is 6.39. The van der Waals surface area contributed by atoms with Crippen molar-refractivity contribution in [2.75, 3.05) is 12.0 Å². The second kappa shape index (κ2) is 6.37. The Bertz CT molecular complexity index is 843. The number of nitrogens with zero attached hydrogens (tertiary/aromatic N) is 1. The van der Waals surface area contributed by atoms with Crippen molar-refractivity contribution in [1.82, 2.24) is 5.32 Å². The van der Waals surface area contributed by atoms with E-state index in [9.17, 15) is 14.4 Å². The maximum absolute atomic E-state index is 12.7. The number of rotatable bonds is 3. The molecule has 0 bridgehead atoms. The number of carbonyl (C=O) groups is 3. The standard InChI is InChI=1S/C18H14N2O4/c1-24-15-10-6-5-9-14(15)20-17(22)13(16(21)19-18(20)23)11-12-7-3-2-4-8-12/h2-11H,1H3,(H,19,21,23)/b13-11+. The third kappa shape index (κ3) is 2.77. The van der Waals surface area contributed by atoms with Gasteiger partial charge in [0.15, 0.2) is 0 Å². The molecule has 1 aliphatic heterocycles. The van der Waals surface area contributed by atoms with Crippen molar-refractivity contribution in [3.8, 4) is 5.75 Å². The van der Waals surface area contributed by atoms with E-state index in [0.717, 1.165) is 4.90 Å².